The Morgan fingerprint density at radius 3 is 2.88 bits per heavy atom. The summed E-state index contributed by atoms with van der Waals surface area (Å²) in [5, 5.41) is 8.46. The number of nitrogens with zero attached hydrogens (tertiary/aromatic N) is 4. The Hall–Kier alpha value is -2.74. The fraction of sp³-hybridized carbons (Fsp3) is 0.250. The highest BCUT2D eigenvalue weighted by atomic mass is 35.5. The van der Waals surface area contributed by atoms with E-state index in [2.05, 4.69) is 15.2 Å². The number of hydrogen-bond acceptors (Lipinski definition) is 5. The Labute approximate surface area is 147 Å². The number of aryl methyl sites for hydroxylation is 1. The fourth-order valence-corrected chi connectivity index (χ4v) is 2.56. The van der Waals surface area contributed by atoms with Crippen molar-refractivity contribution in [3.63, 3.8) is 0 Å². The summed E-state index contributed by atoms with van der Waals surface area (Å²) < 4.78 is 20.7. The maximum Gasteiger partial charge on any atom is 0.225 e. The molecule has 2 N–H and O–H groups in total. The number of benzene rings is 1. The molecule has 0 saturated heterocycles. The van der Waals surface area contributed by atoms with Gasteiger partial charge in [0.1, 0.15) is 11.6 Å². The van der Waals surface area contributed by atoms with E-state index in [1.54, 1.807) is 12.1 Å². The standard InChI is InChI=1S/C16H15ClFN5O2/c1-2-9-6-13(22-25-9)16-20-15(7-14(19)24)21-23(16)8-10-11(17)4-3-5-12(10)18/h3-6H,2,7-8H2,1H3,(H2,19,24). The van der Waals surface area contributed by atoms with Crippen molar-refractivity contribution in [3.05, 3.63) is 52.3 Å². The van der Waals surface area contributed by atoms with Crippen LogP contribution in [0.4, 0.5) is 4.39 Å². The van der Waals surface area contributed by atoms with Crippen LogP contribution in [0.15, 0.2) is 28.8 Å². The van der Waals surface area contributed by atoms with Crippen LogP contribution in [0.3, 0.4) is 0 Å². The van der Waals surface area contributed by atoms with Crippen molar-refractivity contribution in [3.8, 4) is 11.5 Å². The minimum absolute atomic E-state index is 0.0287. The highest BCUT2D eigenvalue weighted by Gasteiger charge is 2.19. The van der Waals surface area contributed by atoms with Gasteiger partial charge in [0.05, 0.1) is 13.0 Å². The van der Waals surface area contributed by atoms with Gasteiger partial charge in [0.25, 0.3) is 0 Å². The Bertz CT molecular complexity index is 901. The second-order valence-electron chi connectivity index (χ2n) is 5.38. The molecule has 0 aliphatic carbocycles. The number of rotatable bonds is 6. The van der Waals surface area contributed by atoms with Gasteiger partial charge in [-0.15, -0.1) is 0 Å². The van der Waals surface area contributed by atoms with Gasteiger partial charge in [0, 0.05) is 23.1 Å². The molecule has 3 rings (SSSR count). The van der Waals surface area contributed by atoms with Crippen LogP contribution in [-0.4, -0.2) is 25.8 Å². The molecule has 0 aliphatic rings. The number of amides is 1. The molecule has 0 unspecified atom stereocenters. The number of halogens is 2. The van der Waals surface area contributed by atoms with Crippen LogP contribution >= 0.6 is 11.6 Å². The van der Waals surface area contributed by atoms with Gasteiger partial charge in [-0.3, -0.25) is 4.79 Å². The molecule has 0 atom stereocenters. The van der Waals surface area contributed by atoms with Crippen LogP contribution in [0.5, 0.6) is 0 Å². The van der Waals surface area contributed by atoms with Gasteiger partial charge >= 0.3 is 0 Å². The maximum atomic E-state index is 14.1. The molecule has 0 saturated carbocycles. The predicted octanol–water partition coefficient (Wildman–Crippen LogP) is 2.36. The normalized spacial score (nSPS) is 11.0. The lowest BCUT2D eigenvalue weighted by Crippen LogP contribution is -2.15. The van der Waals surface area contributed by atoms with Crippen LogP contribution in [0.25, 0.3) is 11.5 Å². The molecule has 1 amide bonds. The molecule has 7 nitrogen and oxygen atoms in total. The SMILES string of the molecule is CCc1cc(-c2nc(CC(N)=O)nn2Cc2c(F)cccc2Cl)no1. The molecular weight excluding hydrogens is 349 g/mol. The quantitative estimate of drug-likeness (QED) is 0.724. The van der Waals surface area contributed by atoms with E-state index in [0.29, 0.717) is 23.7 Å². The fourth-order valence-electron chi connectivity index (χ4n) is 2.34. The summed E-state index contributed by atoms with van der Waals surface area (Å²) in [6.07, 6.45) is 0.526. The molecule has 0 spiro atoms. The summed E-state index contributed by atoms with van der Waals surface area (Å²) in [5.74, 6) is 0.210. The second-order valence-corrected chi connectivity index (χ2v) is 5.79. The van der Waals surface area contributed by atoms with E-state index < -0.39 is 11.7 Å². The first-order valence-electron chi connectivity index (χ1n) is 7.58. The first-order chi connectivity index (χ1) is 12.0. The number of nitrogens with two attached hydrogens (primary N) is 1. The van der Waals surface area contributed by atoms with Crippen LogP contribution in [0, 0.1) is 5.82 Å². The molecule has 0 fully saturated rings. The molecule has 0 bridgehead atoms. The Balaban J connectivity index is 2.04. The lowest BCUT2D eigenvalue weighted by atomic mass is 10.2. The average Bonchev–Trinajstić information content (AvgIpc) is 3.17. The Morgan fingerprint density at radius 2 is 2.24 bits per heavy atom. The van der Waals surface area contributed by atoms with Gasteiger partial charge in [-0.25, -0.2) is 14.1 Å². The lowest BCUT2D eigenvalue weighted by molar-refractivity contribution is -0.117. The van der Waals surface area contributed by atoms with Crippen molar-refractivity contribution in [1.29, 1.82) is 0 Å². The van der Waals surface area contributed by atoms with Gasteiger partial charge < -0.3 is 10.3 Å². The highest BCUT2D eigenvalue weighted by molar-refractivity contribution is 6.31. The van der Waals surface area contributed by atoms with E-state index in [0.717, 1.165) is 0 Å². The summed E-state index contributed by atoms with van der Waals surface area (Å²) >= 11 is 6.09. The van der Waals surface area contributed by atoms with Crippen molar-refractivity contribution in [1.82, 2.24) is 19.9 Å². The third kappa shape index (κ3) is 3.69. The van der Waals surface area contributed by atoms with Crippen molar-refractivity contribution < 1.29 is 13.7 Å². The average molecular weight is 364 g/mol. The zero-order chi connectivity index (χ0) is 18.0. The van der Waals surface area contributed by atoms with E-state index in [9.17, 15) is 9.18 Å². The summed E-state index contributed by atoms with van der Waals surface area (Å²) in [4.78, 5) is 15.4. The smallest absolute Gasteiger partial charge is 0.225 e. The van der Waals surface area contributed by atoms with Gasteiger partial charge in [-0.05, 0) is 12.1 Å². The minimum Gasteiger partial charge on any atom is -0.369 e. The van der Waals surface area contributed by atoms with Crippen molar-refractivity contribution >= 4 is 17.5 Å². The van der Waals surface area contributed by atoms with Gasteiger partial charge in [-0.2, -0.15) is 5.10 Å². The molecule has 1 aromatic carbocycles. The molecule has 0 aliphatic heterocycles. The number of aromatic nitrogens is 4. The molecule has 0 radical (unpaired) electrons. The summed E-state index contributed by atoms with van der Waals surface area (Å²) in [7, 11) is 0. The second kappa shape index (κ2) is 7.02. The Morgan fingerprint density at radius 1 is 1.44 bits per heavy atom. The first-order valence-corrected chi connectivity index (χ1v) is 7.96. The summed E-state index contributed by atoms with van der Waals surface area (Å²) in [6.45, 7) is 1.95. The van der Waals surface area contributed by atoms with Crippen LogP contribution in [0.2, 0.25) is 5.02 Å². The van der Waals surface area contributed by atoms with Crippen LogP contribution in [-0.2, 0) is 24.2 Å². The molecule has 130 valence electrons. The zero-order valence-corrected chi connectivity index (χ0v) is 14.1. The largest absolute Gasteiger partial charge is 0.369 e. The van der Waals surface area contributed by atoms with Crippen molar-refractivity contribution in [2.24, 2.45) is 5.73 Å². The minimum atomic E-state index is -0.568. The van der Waals surface area contributed by atoms with Gasteiger partial charge in [-0.1, -0.05) is 29.7 Å². The predicted molar refractivity (Wildman–Crippen MR) is 88.3 cm³/mol. The molecule has 25 heavy (non-hydrogen) atoms. The topological polar surface area (TPSA) is 99.8 Å². The molecule has 2 heterocycles. The van der Waals surface area contributed by atoms with E-state index in [1.165, 1.54) is 16.8 Å². The lowest BCUT2D eigenvalue weighted by Gasteiger charge is -2.07. The van der Waals surface area contributed by atoms with Crippen LogP contribution in [0.1, 0.15) is 24.1 Å². The number of hydrogen-bond donors (Lipinski definition) is 1. The first kappa shape index (κ1) is 17.1. The molecule has 2 aromatic heterocycles. The maximum absolute atomic E-state index is 14.1. The van der Waals surface area contributed by atoms with E-state index in [4.69, 9.17) is 21.9 Å². The van der Waals surface area contributed by atoms with Crippen molar-refractivity contribution in [2.45, 2.75) is 26.3 Å². The van der Waals surface area contributed by atoms with E-state index >= 15 is 0 Å². The highest BCUT2D eigenvalue weighted by Crippen LogP contribution is 2.23. The summed E-state index contributed by atoms with van der Waals surface area (Å²) in [6, 6.07) is 6.14. The van der Waals surface area contributed by atoms with E-state index in [-0.39, 0.29) is 29.4 Å². The van der Waals surface area contributed by atoms with Crippen molar-refractivity contribution in [2.75, 3.05) is 0 Å². The summed E-state index contributed by atoms with van der Waals surface area (Å²) in [5.41, 5.74) is 5.91. The molecule has 3 aromatic rings. The molecule has 9 heteroatoms. The Kier molecular flexibility index (Phi) is 4.80. The third-order valence-corrected chi connectivity index (χ3v) is 3.91. The number of primary amides is 1. The van der Waals surface area contributed by atoms with Gasteiger partial charge in [0.2, 0.25) is 5.91 Å². The monoisotopic (exact) mass is 363 g/mol. The third-order valence-electron chi connectivity index (χ3n) is 3.55. The van der Waals surface area contributed by atoms with Gasteiger partial charge in [0.15, 0.2) is 17.3 Å². The zero-order valence-electron chi connectivity index (χ0n) is 13.4. The molecular formula is C16H15ClFN5O2. The number of carbonyl (C=O) groups excluding carboxylic acids is 1. The van der Waals surface area contributed by atoms with Crippen LogP contribution < -0.4 is 5.73 Å². The number of carbonyl (C=O) groups is 1. The van der Waals surface area contributed by atoms with E-state index in [1.807, 2.05) is 6.92 Å².